The van der Waals surface area contributed by atoms with E-state index in [1.165, 1.54) is 11.1 Å². The summed E-state index contributed by atoms with van der Waals surface area (Å²) in [6.45, 7) is 8.60. The van der Waals surface area contributed by atoms with E-state index in [2.05, 4.69) is 39.8 Å². The van der Waals surface area contributed by atoms with Crippen LogP contribution in [0.2, 0.25) is 5.02 Å². The second kappa shape index (κ2) is 5.70. The van der Waals surface area contributed by atoms with Crippen molar-refractivity contribution in [2.75, 3.05) is 7.11 Å². The Morgan fingerprint density at radius 1 is 1.12 bits per heavy atom. The van der Waals surface area contributed by atoms with E-state index in [-0.39, 0.29) is 6.10 Å². The Morgan fingerprint density at radius 2 is 1.75 bits per heavy atom. The van der Waals surface area contributed by atoms with Crippen molar-refractivity contribution in [3.05, 3.63) is 34.3 Å². The maximum Gasteiger partial charge on any atom is 0.0609 e. The van der Waals surface area contributed by atoms with Gasteiger partial charge in [-0.15, -0.1) is 0 Å². The smallest absolute Gasteiger partial charge is 0.0609 e. The fraction of sp³-hybridized carbons (Fsp3) is 0.571. The first-order chi connectivity index (χ1) is 7.47. The van der Waals surface area contributed by atoms with Crippen LogP contribution in [0, 0.1) is 0 Å². The molecule has 0 radical (unpaired) electrons. The van der Waals surface area contributed by atoms with Crippen LogP contribution in [0.4, 0.5) is 0 Å². The van der Waals surface area contributed by atoms with Gasteiger partial charge in [-0.1, -0.05) is 44.5 Å². The molecule has 0 heterocycles. The summed E-state index contributed by atoms with van der Waals surface area (Å²) in [5, 5.41) is 0.857. The molecule has 1 aromatic rings. The lowest BCUT2D eigenvalue weighted by molar-refractivity contribution is 0.0990. The molecule has 0 aliphatic heterocycles. The average molecular weight is 241 g/mol. The number of hydrogen-bond donors (Lipinski definition) is 0. The molecule has 0 spiro atoms. The molecular weight excluding hydrogens is 220 g/mol. The summed E-state index contributed by atoms with van der Waals surface area (Å²) in [5.41, 5.74) is 2.51. The Kier molecular flexibility index (Phi) is 4.82. The molecule has 16 heavy (non-hydrogen) atoms. The summed E-state index contributed by atoms with van der Waals surface area (Å²) < 4.78 is 5.36. The quantitative estimate of drug-likeness (QED) is 0.747. The van der Waals surface area contributed by atoms with Gasteiger partial charge in [-0.3, -0.25) is 0 Å². The summed E-state index contributed by atoms with van der Waals surface area (Å²) in [5.74, 6) is 0.845. The summed E-state index contributed by atoms with van der Waals surface area (Å²) in [7, 11) is 1.75. The van der Waals surface area contributed by atoms with Crippen molar-refractivity contribution in [2.24, 2.45) is 0 Å². The van der Waals surface area contributed by atoms with Crippen molar-refractivity contribution in [1.82, 2.24) is 0 Å². The molecule has 0 N–H and O–H groups in total. The SMILES string of the molecule is COC(C)C(C)c1ccc(Cl)c(C(C)C)c1. The molecular formula is C14H21ClO. The van der Waals surface area contributed by atoms with Crippen molar-refractivity contribution in [2.45, 2.75) is 45.6 Å². The Hall–Kier alpha value is -0.530. The van der Waals surface area contributed by atoms with E-state index < -0.39 is 0 Å². The molecule has 2 unspecified atom stereocenters. The summed E-state index contributed by atoms with van der Waals surface area (Å²) >= 11 is 6.18. The number of halogens is 1. The van der Waals surface area contributed by atoms with Gasteiger partial charge in [-0.25, -0.2) is 0 Å². The van der Waals surface area contributed by atoms with E-state index in [9.17, 15) is 0 Å². The lowest BCUT2D eigenvalue weighted by Gasteiger charge is -2.20. The first-order valence-electron chi connectivity index (χ1n) is 5.79. The molecule has 1 rings (SSSR count). The average Bonchev–Trinajstić information content (AvgIpc) is 2.27. The first kappa shape index (κ1) is 13.5. The largest absolute Gasteiger partial charge is 0.381 e. The van der Waals surface area contributed by atoms with Crippen molar-refractivity contribution < 1.29 is 4.74 Å². The minimum Gasteiger partial charge on any atom is -0.381 e. The molecule has 1 nitrogen and oxygen atoms in total. The van der Waals surface area contributed by atoms with Crippen LogP contribution in [0.25, 0.3) is 0 Å². The van der Waals surface area contributed by atoms with Gasteiger partial charge in [0.1, 0.15) is 0 Å². The third-order valence-corrected chi connectivity index (χ3v) is 3.59. The van der Waals surface area contributed by atoms with Crippen LogP contribution in [-0.4, -0.2) is 13.2 Å². The van der Waals surface area contributed by atoms with Crippen molar-refractivity contribution >= 4 is 11.6 Å². The van der Waals surface area contributed by atoms with Crippen LogP contribution in [0.15, 0.2) is 18.2 Å². The third kappa shape index (κ3) is 2.99. The lowest BCUT2D eigenvalue weighted by atomic mass is 9.92. The second-order valence-corrected chi connectivity index (χ2v) is 5.07. The molecule has 0 aliphatic carbocycles. The van der Waals surface area contributed by atoms with Crippen LogP contribution in [0.3, 0.4) is 0 Å². The summed E-state index contributed by atoms with van der Waals surface area (Å²) in [6, 6.07) is 6.28. The van der Waals surface area contributed by atoms with Crippen molar-refractivity contribution in [3.8, 4) is 0 Å². The molecule has 1 aromatic carbocycles. The number of benzene rings is 1. The van der Waals surface area contributed by atoms with E-state index in [1.807, 2.05) is 6.07 Å². The maximum absolute atomic E-state index is 6.18. The van der Waals surface area contributed by atoms with Gasteiger partial charge in [-0.2, -0.15) is 0 Å². The zero-order valence-electron chi connectivity index (χ0n) is 10.8. The molecule has 0 saturated heterocycles. The molecule has 2 heteroatoms. The predicted molar refractivity (Wildman–Crippen MR) is 70.4 cm³/mol. The maximum atomic E-state index is 6.18. The fourth-order valence-electron chi connectivity index (χ4n) is 1.76. The lowest BCUT2D eigenvalue weighted by Crippen LogP contribution is -2.14. The molecule has 0 aromatic heterocycles. The van der Waals surface area contributed by atoms with Crippen molar-refractivity contribution in [1.29, 1.82) is 0 Å². The number of hydrogen-bond acceptors (Lipinski definition) is 1. The van der Waals surface area contributed by atoms with E-state index >= 15 is 0 Å². The van der Waals surface area contributed by atoms with E-state index in [1.54, 1.807) is 7.11 Å². The van der Waals surface area contributed by atoms with Gasteiger partial charge in [0.05, 0.1) is 6.10 Å². The highest BCUT2D eigenvalue weighted by Gasteiger charge is 2.15. The summed E-state index contributed by atoms with van der Waals surface area (Å²) in [6.07, 6.45) is 0.223. The molecule has 0 saturated carbocycles. The predicted octanol–water partition coefficient (Wildman–Crippen LogP) is 4.60. The highest BCUT2D eigenvalue weighted by atomic mass is 35.5. The Labute approximate surface area is 104 Å². The Bertz CT molecular complexity index is 347. The van der Waals surface area contributed by atoms with Crippen LogP contribution in [0.1, 0.15) is 50.7 Å². The van der Waals surface area contributed by atoms with Gasteiger partial charge < -0.3 is 4.74 Å². The minimum atomic E-state index is 0.223. The number of methoxy groups -OCH3 is 1. The molecule has 0 bridgehead atoms. The van der Waals surface area contributed by atoms with E-state index in [0.717, 1.165) is 5.02 Å². The van der Waals surface area contributed by atoms with Gasteiger partial charge >= 0.3 is 0 Å². The second-order valence-electron chi connectivity index (χ2n) is 4.67. The van der Waals surface area contributed by atoms with Crippen LogP contribution < -0.4 is 0 Å². The number of ether oxygens (including phenoxy) is 1. The number of rotatable bonds is 4. The third-order valence-electron chi connectivity index (χ3n) is 3.24. The molecule has 90 valence electrons. The van der Waals surface area contributed by atoms with Gasteiger partial charge in [0.2, 0.25) is 0 Å². The van der Waals surface area contributed by atoms with Gasteiger partial charge in [0, 0.05) is 18.1 Å². The van der Waals surface area contributed by atoms with Crippen LogP contribution >= 0.6 is 11.6 Å². The standard InChI is InChI=1S/C14H21ClO/c1-9(2)13-8-12(6-7-14(13)15)10(3)11(4)16-5/h6-11H,1-5H3. The Balaban J connectivity index is 3.03. The van der Waals surface area contributed by atoms with Crippen LogP contribution in [0.5, 0.6) is 0 Å². The van der Waals surface area contributed by atoms with Gasteiger partial charge in [-0.05, 0) is 30.0 Å². The molecule has 0 fully saturated rings. The first-order valence-corrected chi connectivity index (χ1v) is 6.17. The monoisotopic (exact) mass is 240 g/mol. The fourth-order valence-corrected chi connectivity index (χ4v) is 2.10. The van der Waals surface area contributed by atoms with Crippen LogP contribution in [-0.2, 0) is 4.74 Å². The highest BCUT2D eigenvalue weighted by Crippen LogP contribution is 2.29. The van der Waals surface area contributed by atoms with E-state index in [0.29, 0.717) is 11.8 Å². The minimum absolute atomic E-state index is 0.223. The normalized spacial score (nSPS) is 15.2. The highest BCUT2D eigenvalue weighted by molar-refractivity contribution is 6.31. The van der Waals surface area contributed by atoms with Crippen molar-refractivity contribution in [3.63, 3.8) is 0 Å². The summed E-state index contributed by atoms with van der Waals surface area (Å²) in [4.78, 5) is 0. The van der Waals surface area contributed by atoms with Gasteiger partial charge in [0.15, 0.2) is 0 Å². The Morgan fingerprint density at radius 3 is 2.25 bits per heavy atom. The topological polar surface area (TPSA) is 9.23 Å². The molecule has 0 aliphatic rings. The van der Waals surface area contributed by atoms with Gasteiger partial charge in [0.25, 0.3) is 0 Å². The molecule has 2 atom stereocenters. The molecule has 0 amide bonds. The zero-order chi connectivity index (χ0) is 12.3. The zero-order valence-corrected chi connectivity index (χ0v) is 11.5. The van der Waals surface area contributed by atoms with E-state index in [4.69, 9.17) is 16.3 Å².